The largest absolute Gasteiger partial charge is 0.316 e. The van der Waals surface area contributed by atoms with Crippen molar-refractivity contribution in [2.24, 2.45) is 0 Å². The summed E-state index contributed by atoms with van der Waals surface area (Å²) in [5, 5.41) is 6.43. The fourth-order valence-electron chi connectivity index (χ4n) is 1.86. The Morgan fingerprint density at radius 3 is 2.88 bits per heavy atom. The van der Waals surface area contributed by atoms with E-state index >= 15 is 0 Å². The highest BCUT2D eigenvalue weighted by atomic mass is 16.1. The molecular weight excluding hydrogens is 218 g/mol. The molecule has 0 aliphatic heterocycles. The van der Waals surface area contributed by atoms with Gasteiger partial charge in [0.1, 0.15) is 0 Å². The summed E-state index contributed by atoms with van der Waals surface area (Å²) < 4.78 is 3.19. The maximum atomic E-state index is 12.2. The van der Waals surface area contributed by atoms with Gasteiger partial charge in [-0.2, -0.15) is 5.10 Å². The Morgan fingerprint density at radius 2 is 2.12 bits per heavy atom. The van der Waals surface area contributed by atoms with E-state index in [0.29, 0.717) is 5.39 Å². The second-order valence-electron chi connectivity index (χ2n) is 3.97. The molecule has 0 aliphatic carbocycles. The Kier molecular flexibility index (Phi) is 1.91. The summed E-state index contributed by atoms with van der Waals surface area (Å²) in [6, 6.07) is 3.66. The van der Waals surface area contributed by atoms with E-state index in [1.54, 1.807) is 34.2 Å². The Hall–Kier alpha value is -2.37. The van der Waals surface area contributed by atoms with E-state index in [9.17, 15) is 4.79 Å². The standard InChI is InChI=1S/C11H11N5O/c1-14(2)15-6-4-9-8(11(15)17)7-12-10-3-5-13-16(9)10/h3-7H,1-2H3. The summed E-state index contributed by atoms with van der Waals surface area (Å²) >= 11 is 0. The van der Waals surface area contributed by atoms with E-state index in [4.69, 9.17) is 0 Å². The molecule has 0 aromatic carbocycles. The van der Waals surface area contributed by atoms with E-state index in [-0.39, 0.29) is 5.56 Å². The minimum Gasteiger partial charge on any atom is -0.316 e. The first kappa shape index (κ1) is 9.83. The van der Waals surface area contributed by atoms with Gasteiger partial charge in [-0.05, 0) is 6.07 Å². The van der Waals surface area contributed by atoms with Gasteiger partial charge >= 0.3 is 0 Å². The lowest BCUT2D eigenvalue weighted by Crippen LogP contribution is -2.35. The number of rotatable bonds is 1. The van der Waals surface area contributed by atoms with Crippen LogP contribution in [0, 0.1) is 0 Å². The molecule has 0 aliphatic rings. The van der Waals surface area contributed by atoms with Gasteiger partial charge in [-0.15, -0.1) is 0 Å². The van der Waals surface area contributed by atoms with Gasteiger partial charge in [-0.25, -0.2) is 14.2 Å². The van der Waals surface area contributed by atoms with Crippen LogP contribution < -0.4 is 10.6 Å². The van der Waals surface area contributed by atoms with Gasteiger partial charge in [-0.3, -0.25) is 4.79 Å². The third-order valence-electron chi connectivity index (χ3n) is 2.70. The molecule has 0 saturated carbocycles. The fourth-order valence-corrected chi connectivity index (χ4v) is 1.86. The van der Waals surface area contributed by atoms with Gasteiger partial charge in [0, 0.05) is 32.6 Å². The van der Waals surface area contributed by atoms with Crippen molar-refractivity contribution in [3.8, 4) is 0 Å². The summed E-state index contributed by atoms with van der Waals surface area (Å²) in [7, 11) is 3.63. The minimum absolute atomic E-state index is 0.0996. The lowest BCUT2D eigenvalue weighted by atomic mass is 10.3. The van der Waals surface area contributed by atoms with Crippen molar-refractivity contribution in [2.75, 3.05) is 19.1 Å². The van der Waals surface area contributed by atoms with E-state index in [0.717, 1.165) is 11.2 Å². The third-order valence-corrected chi connectivity index (χ3v) is 2.70. The van der Waals surface area contributed by atoms with Crippen molar-refractivity contribution in [3.63, 3.8) is 0 Å². The van der Waals surface area contributed by atoms with E-state index in [2.05, 4.69) is 10.1 Å². The van der Waals surface area contributed by atoms with Crippen LogP contribution in [0.1, 0.15) is 0 Å². The van der Waals surface area contributed by atoms with Crippen LogP contribution in [0.2, 0.25) is 0 Å². The second kappa shape index (κ2) is 3.31. The summed E-state index contributed by atoms with van der Waals surface area (Å²) in [6.07, 6.45) is 4.99. The van der Waals surface area contributed by atoms with Gasteiger partial charge in [-0.1, -0.05) is 0 Å². The Morgan fingerprint density at radius 1 is 1.29 bits per heavy atom. The molecule has 0 radical (unpaired) electrons. The van der Waals surface area contributed by atoms with Crippen LogP contribution in [0.4, 0.5) is 0 Å². The Balaban J connectivity index is 2.49. The van der Waals surface area contributed by atoms with E-state index in [1.807, 2.05) is 20.2 Å². The highest BCUT2D eigenvalue weighted by Gasteiger charge is 2.07. The first-order valence-electron chi connectivity index (χ1n) is 5.20. The minimum atomic E-state index is -0.0996. The lowest BCUT2D eigenvalue weighted by Gasteiger charge is -2.15. The average molecular weight is 229 g/mol. The van der Waals surface area contributed by atoms with Crippen LogP contribution in [0.25, 0.3) is 16.6 Å². The first-order chi connectivity index (χ1) is 8.18. The van der Waals surface area contributed by atoms with Crippen LogP contribution >= 0.6 is 0 Å². The third kappa shape index (κ3) is 1.30. The van der Waals surface area contributed by atoms with Crippen LogP contribution in [0.3, 0.4) is 0 Å². The van der Waals surface area contributed by atoms with Crippen molar-refractivity contribution in [3.05, 3.63) is 41.1 Å². The molecule has 0 saturated heterocycles. The molecule has 3 aromatic heterocycles. The molecule has 6 nitrogen and oxygen atoms in total. The molecule has 3 heterocycles. The maximum absolute atomic E-state index is 12.2. The zero-order valence-electron chi connectivity index (χ0n) is 9.53. The highest BCUT2D eigenvalue weighted by Crippen LogP contribution is 2.09. The quantitative estimate of drug-likeness (QED) is 0.600. The number of hydrogen-bond donors (Lipinski definition) is 0. The van der Waals surface area contributed by atoms with Crippen molar-refractivity contribution >= 4 is 16.6 Å². The monoisotopic (exact) mass is 229 g/mol. The van der Waals surface area contributed by atoms with Crippen molar-refractivity contribution in [1.29, 1.82) is 0 Å². The maximum Gasteiger partial charge on any atom is 0.279 e. The van der Waals surface area contributed by atoms with Crippen molar-refractivity contribution in [1.82, 2.24) is 19.3 Å². The average Bonchev–Trinajstić information content (AvgIpc) is 2.77. The highest BCUT2D eigenvalue weighted by molar-refractivity contribution is 5.79. The molecule has 0 amide bonds. The molecule has 0 fully saturated rings. The van der Waals surface area contributed by atoms with Gasteiger partial charge in [0.2, 0.25) is 0 Å². The van der Waals surface area contributed by atoms with Crippen LogP contribution in [-0.4, -0.2) is 33.4 Å². The molecule has 3 aromatic rings. The van der Waals surface area contributed by atoms with Gasteiger partial charge in [0.05, 0.1) is 17.1 Å². The first-order valence-corrected chi connectivity index (χ1v) is 5.20. The van der Waals surface area contributed by atoms with Crippen molar-refractivity contribution in [2.45, 2.75) is 0 Å². The fraction of sp³-hybridized carbons (Fsp3) is 0.182. The summed E-state index contributed by atoms with van der Waals surface area (Å²) in [5.74, 6) is 0. The number of hydrogen-bond acceptors (Lipinski definition) is 4. The van der Waals surface area contributed by atoms with Crippen LogP contribution in [-0.2, 0) is 0 Å². The van der Waals surface area contributed by atoms with Gasteiger partial charge in [0.15, 0.2) is 5.65 Å². The molecule has 86 valence electrons. The van der Waals surface area contributed by atoms with Gasteiger partial charge < -0.3 is 5.01 Å². The normalized spacial score (nSPS) is 11.2. The van der Waals surface area contributed by atoms with Gasteiger partial charge in [0.25, 0.3) is 5.56 Å². The summed E-state index contributed by atoms with van der Waals surface area (Å²) in [6.45, 7) is 0. The van der Waals surface area contributed by atoms with E-state index < -0.39 is 0 Å². The Bertz CT molecular complexity index is 755. The number of fused-ring (bicyclic) bond motifs is 3. The molecule has 0 unspecified atom stereocenters. The predicted octanol–water partition coefficient (Wildman–Crippen LogP) is 0.242. The number of aromatic nitrogens is 4. The molecular formula is C11H11N5O. The molecule has 0 atom stereocenters. The lowest BCUT2D eigenvalue weighted by molar-refractivity contribution is 0.705. The smallest absolute Gasteiger partial charge is 0.279 e. The molecule has 0 bridgehead atoms. The SMILES string of the molecule is CN(C)n1ccc2c(cnc3ccnn32)c1=O. The second-order valence-corrected chi connectivity index (χ2v) is 3.97. The summed E-state index contributed by atoms with van der Waals surface area (Å²) in [4.78, 5) is 16.4. The zero-order valence-corrected chi connectivity index (χ0v) is 9.53. The Labute approximate surface area is 96.7 Å². The zero-order chi connectivity index (χ0) is 12.0. The summed E-state index contributed by atoms with van der Waals surface area (Å²) in [5.41, 5.74) is 1.40. The molecule has 0 N–H and O–H groups in total. The molecule has 3 rings (SSSR count). The predicted molar refractivity (Wildman–Crippen MR) is 64.8 cm³/mol. The van der Waals surface area contributed by atoms with E-state index in [1.165, 1.54) is 4.68 Å². The number of pyridine rings is 1. The number of nitrogens with zero attached hydrogens (tertiary/aromatic N) is 5. The van der Waals surface area contributed by atoms with Crippen molar-refractivity contribution < 1.29 is 0 Å². The molecule has 17 heavy (non-hydrogen) atoms. The molecule has 6 heteroatoms. The topological polar surface area (TPSA) is 55.4 Å². The van der Waals surface area contributed by atoms with Crippen LogP contribution in [0.15, 0.2) is 35.5 Å². The van der Waals surface area contributed by atoms with Crippen LogP contribution in [0.5, 0.6) is 0 Å². The molecule has 0 spiro atoms.